The van der Waals surface area contributed by atoms with Crippen molar-refractivity contribution in [2.75, 3.05) is 13.2 Å². The van der Waals surface area contributed by atoms with Crippen molar-refractivity contribution in [2.24, 2.45) is 0 Å². The van der Waals surface area contributed by atoms with Crippen LogP contribution in [0.5, 0.6) is 0 Å². The third-order valence-electron chi connectivity index (χ3n) is 3.50. The van der Waals surface area contributed by atoms with Crippen molar-refractivity contribution in [3.63, 3.8) is 0 Å². The number of H-pyrrole nitrogens is 1. The average molecular weight is 272 g/mol. The van der Waals surface area contributed by atoms with Crippen LogP contribution in [0.3, 0.4) is 0 Å². The molecule has 0 atom stereocenters. The van der Waals surface area contributed by atoms with Crippen LogP contribution >= 0.6 is 0 Å². The van der Waals surface area contributed by atoms with Crippen LogP contribution in [-0.4, -0.2) is 29.1 Å². The number of nitrogens with one attached hydrogen (secondary N) is 1. The summed E-state index contributed by atoms with van der Waals surface area (Å²) in [5, 5.41) is 1.83. The molecule has 1 amide bonds. The Morgan fingerprint density at radius 2 is 2.05 bits per heavy atom. The SMILES string of the molecule is O=C(c1c[nH]c2ccccc2c1=O)N1CCCCCO1. The molecule has 0 bridgehead atoms. The third-order valence-corrected chi connectivity index (χ3v) is 3.50. The number of hydrogen-bond donors (Lipinski definition) is 1. The van der Waals surface area contributed by atoms with Gasteiger partial charge in [0.2, 0.25) is 5.43 Å². The molecular formula is C15H16N2O3. The predicted molar refractivity (Wildman–Crippen MR) is 75.4 cm³/mol. The maximum Gasteiger partial charge on any atom is 0.282 e. The van der Waals surface area contributed by atoms with Crippen molar-refractivity contribution in [2.45, 2.75) is 19.3 Å². The van der Waals surface area contributed by atoms with Gasteiger partial charge >= 0.3 is 0 Å². The summed E-state index contributed by atoms with van der Waals surface area (Å²) in [6, 6.07) is 7.16. The summed E-state index contributed by atoms with van der Waals surface area (Å²) in [4.78, 5) is 33.2. The second kappa shape index (κ2) is 5.46. The molecule has 0 saturated carbocycles. The molecule has 2 heterocycles. The molecule has 20 heavy (non-hydrogen) atoms. The summed E-state index contributed by atoms with van der Waals surface area (Å²) in [6.07, 6.45) is 4.36. The van der Waals surface area contributed by atoms with Crippen molar-refractivity contribution >= 4 is 16.8 Å². The number of amides is 1. The van der Waals surface area contributed by atoms with Gasteiger partial charge in [-0.1, -0.05) is 12.1 Å². The number of aromatic nitrogens is 1. The lowest BCUT2D eigenvalue weighted by atomic mass is 10.1. The number of benzene rings is 1. The molecule has 1 aliphatic rings. The van der Waals surface area contributed by atoms with E-state index in [9.17, 15) is 9.59 Å². The van der Waals surface area contributed by atoms with Gasteiger partial charge < -0.3 is 4.98 Å². The number of hydrogen-bond acceptors (Lipinski definition) is 3. The molecule has 0 unspecified atom stereocenters. The van der Waals surface area contributed by atoms with Gasteiger partial charge in [-0.05, 0) is 31.4 Å². The number of carbonyl (C=O) groups is 1. The van der Waals surface area contributed by atoms with Crippen molar-refractivity contribution < 1.29 is 9.63 Å². The van der Waals surface area contributed by atoms with E-state index >= 15 is 0 Å². The zero-order valence-corrected chi connectivity index (χ0v) is 11.1. The van der Waals surface area contributed by atoms with Gasteiger partial charge in [-0.25, -0.2) is 5.06 Å². The summed E-state index contributed by atoms with van der Waals surface area (Å²) in [5.74, 6) is -0.362. The first kappa shape index (κ1) is 12.9. The molecular weight excluding hydrogens is 256 g/mol. The van der Waals surface area contributed by atoms with Crippen molar-refractivity contribution in [1.82, 2.24) is 10.0 Å². The summed E-state index contributed by atoms with van der Waals surface area (Å²) in [6.45, 7) is 1.06. The number of para-hydroxylation sites is 1. The Hall–Kier alpha value is -2.14. The molecule has 1 aromatic carbocycles. The van der Waals surface area contributed by atoms with Crippen LogP contribution in [0.15, 0.2) is 35.3 Å². The molecule has 0 radical (unpaired) electrons. The second-order valence-electron chi connectivity index (χ2n) is 4.88. The lowest BCUT2D eigenvalue weighted by Gasteiger charge is -2.18. The standard InChI is InChI=1S/C15H16N2O3/c18-14-11-6-2-3-7-13(11)16-10-12(14)15(19)17-8-4-1-5-9-20-17/h2-3,6-7,10H,1,4-5,8-9H2,(H,16,18). The minimum absolute atomic E-state index is 0.130. The molecule has 0 aliphatic carbocycles. The van der Waals surface area contributed by atoms with E-state index in [1.807, 2.05) is 12.1 Å². The lowest BCUT2D eigenvalue weighted by Crippen LogP contribution is -2.34. The minimum Gasteiger partial charge on any atom is -0.360 e. The summed E-state index contributed by atoms with van der Waals surface area (Å²) in [5.41, 5.74) is 0.605. The summed E-state index contributed by atoms with van der Waals surface area (Å²) >= 11 is 0. The van der Waals surface area contributed by atoms with E-state index < -0.39 is 0 Å². The van der Waals surface area contributed by atoms with Gasteiger partial charge in [-0.2, -0.15) is 0 Å². The van der Waals surface area contributed by atoms with Crippen LogP contribution in [0.1, 0.15) is 29.6 Å². The number of nitrogens with zero attached hydrogens (tertiary/aromatic N) is 1. The third kappa shape index (κ3) is 2.32. The molecule has 1 N–H and O–H groups in total. The van der Waals surface area contributed by atoms with E-state index in [4.69, 9.17) is 4.84 Å². The van der Waals surface area contributed by atoms with Gasteiger partial charge in [-0.3, -0.25) is 14.4 Å². The Labute approximate surface area is 116 Å². The molecule has 1 fully saturated rings. The second-order valence-corrected chi connectivity index (χ2v) is 4.88. The van der Waals surface area contributed by atoms with Crippen LogP contribution < -0.4 is 5.43 Å². The van der Waals surface area contributed by atoms with Crippen molar-refractivity contribution in [3.05, 3.63) is 46.2 Å². The van der Waals surface area contributed by atoms with E-state index in [-0.39, 0.29) is 16.9 Å². The van der Waals surface area contributed by atoms with Gasteiger partial charge in [0.1, 0.15) is 5.56 Å². The van der Waals surface area contributed by atoms with Crippen LogP contribution in [0.25, 0.3) is 10.9 Å². The highest BCUT2D eigenvalue weighted by Gasteiger charge is 2.21. The highest BCUT2D eigenvalue weighted by Crippen LogP contribution is 2.12. The largest absolute Gasteiger partial charge is 0.360 e. The van der Waals surface area contributed by atoms with Crippen LogP contribution in [0.2, 0.25) is 0 Å². The molecule has 3 rings (SSSR count). The normalized spacial score (nSPS) is 16.1. The fourth-order valence-electron chi connectivity index (χ4n) is 2.39. The predicted octanol–water partition coefficient (Wildman–Crippen LogP) is 2.09. The summed E-state index contributed by atoms with van der Waals surface area (Å²) in [7, 11) is 0. The highest BCUT2D eigenvalue weighted by molar-refractivity contribution is 5.96. The fourth-order valence-corrected chi connectivity index (χ4v) is 2.39. The minimum atomic E-state index is -0.362. The molecule has 0 spiro atoms. The van der Waals surface area contributed by atoms with Crippen LogP contribution in [0, 0.1) is 0 Å². The molecule has 2 aromatic rings. The van der Waals surface area contributed by atoms with Gasteiger partial charge in [0.25, 0.3) is 5.91 Å². The van der Waals surface area contributed by atoms with Gasteiger partial charge in [0.15, 0.2) is 0 Å². The van der Waals surface area contributed by atoms with E-state index in [0.717, 1.165) is 24.8 Å². The quantitative estimate of drug-likeness (QED) is 0.864. The first-order chi connectivity index (χ1) is 9.77. The van der Waals surface area contributed by atoms with E-state index in [2.05, 4.69) is 4.98 Å². The van der Waals surface area contributed by atoms with Gasteiger partial charge in [0, 0.05) is 23.6 Å². The maximum absolute atomic E-state index is 12.4. The Bertz CT molecular complexity index is 685. The smallest absolute Gasteiger partial charge is 0.282 e. The number of pyridine rings is 1. The Morgan fingerprint density at radius 1 is 1.20 bits per heavy atom. The number of rotatable bonds is 1. The fraction of sp³-hybridized carbons (Fsp3) is 0.333. The topological polar surface area (TPSA) is 62.4 Å². The van der Waals surface area contributed by atoms with Crippen molar-refractivity contribution in [3.8, 4) is 0 Å². The molecule has 5 nitrogen and oxygen atoms in total. The molecule has 1 saturated heterocycles. The van der Waals surface area contributed by atoms with Crippen LogP contribution in [-0.2, 0) is 4.84 Å². The van der Waals surface area contributed by atoms with E-state index in [1.54, 1.807) is 12.1 Å². The molecule has 5 heteroatoms. The lowest BCUT2D eigenvalue weighted by molar-refractivity contribution is -0.115. The van der Waals surface area contributed by atoms with Gasteiger partial charge in [0.05, 0.1) is 6.61 Å². The van der Waals surface area contributed by atoms with E-state index in [0.29, 0.717) is 18.5 Å². The first-order valence-electron chi connectivity index (χ1n) is 6.82. The average Bonchev–Trinajstić information content (AvgIpc) is 2.76. The number of fused-ring (bicyclic) bond motifs is 1. The van der Waals surface area contributed by atoms with Gasteiger partial charge in [-0.15, -0.1) is 0 Å². The maximum atomic E-state index is 12.4. The monoisotopic (exact) mass is 272 g/mol. The Kier molecular flexibility index (Phi) is 3.52. The number of carbonyl (C=O) groups excluding carboxylic acids is 1. The Morgan fingerprint density at radius 3 is 2.95 bits per heavy atom. The van der Waals surface area contributed by atoms with E-state index in [1.165, 1.54) is 11.3 Å². The van der Waals surface area contributed by atoms with Crippen molar-refractivity contribution in [1.29, 1.82) is 0 Å². The zero-order chi connectivity index (χ0) is 13.9. The van der Waals surface area contributed by atoms with Crippen LogP contribution in [0.4, 0.5) is 0 Å². The first-order valence-corrected chi connectivity index (χ1v) is 6.82. The Balaban J connectivity index is 1.99. The number of hydroxylamine groups is 2. The molecule has 104 valence electrons. The molecule has 1 aliphatic heterocycles. The zero-order valence-electron chi connectivity index (χ0n) is 11.1. The summed E-state index contributed by atoms with van der Waals surface area (Å²) < 4.78 is 0. The highest BCUT2D eigenvalue weighted by atomic mass is 16.7. The molecule has 1 aromatic heterocycles. The number of aromatic amines is 1.